The van der Waals surface area contributed by atoms with Gasteiger partial charge in [0.25, 0.3) is 0 Å². The molecule has 7 rings (SSSR count). The molecule has 43 heavy (non-hydrogen) atoms. The minimum absolute atomic E-state index is 0.00406. The van der Waals surface area contributed by atoms with Crippen molar-refractivity contribution in [3.8, 4) is 0 Å². The smallest absolute Gasteiger partial charge is 0.242 e. The lowest BCUT2D eigenvalue weighted by atomic mass is 9.54. The Balaban J connectivity index is 1.50. The second-order valence-corrected chi connectivity index (χ2v) is 12.7. The molecule has 2 heterocycles. The lowest BCUT2D eigenvalue weighted by Crippen LogP contribution is -2.51. The molecule has 0 N–H and O–H groups in total. The molecule has 4 amide bonds. The molecular formula is C33H20Cl4N2O4. The molecule has 0 bridgehead atoms. The molecule has 4 atom stereocenters. The first kappa shape index (κ1) is 28.1. The third-order valence-corrected chi connectivity index (χ3v) is 9.71. The summed E-state index contributed by atoms with van der Waals surface area (Å²) in [6, 6.07) is 24.5. The number of fused-ring (bicyclic) bond motifs is 6. The third-order valence-electron chi connectivity index (χ3n) is 8.72. The van der Waals surface area contributed by atoms with E-state index in [-0.39, 0.29) is 6.42 Å². The summed E-state index contributed by atoms with van der Waals surface area (Å²) in [5, 5.41) is 1.71. The van der Waals surface area contributed by atoms with Crippen molar-refractivity contribution < 1.29 is 19.2 Å². The average Bonchev–Trinajstić information content (AvgIpc) is 3.38. The molecule has 1 aliphatic carbocycles. The Morgan fingerprint density at radius 3 is 1.65 bits per heavy atom. The van der Waals surface area contributed by atoms with Crippen molar-refractivity contribution in [1.29, 1.82) is 0 Å². The summed E-state index contributed by atoms with van der Waals surface area (Å²) >= 11 is 24.9. The molecule has 4 aromatic rings. The van der Waals surface area contributed by atoms with Gasteiger partial charge < -0.3 is 0 Å². The number of imide groups is 2. The maximum Gasteiger partial charge on any atom is 0.242 e. The SMILES string of the molecule is O=C1[C@@H]2c3ccc(Cl)cc3[C@H]3C(=O)N(c4ccc(Cl)cc4)C(=O)[C@@]3(Cc3ccc(Cl)cc3)[C@H]2C(=O)N1c1ccc(Cl)cc1. The van der Waals surface area contributed by atoms with Gasteiger partial charge in [0.1, 0.15) is 0 Å². The number of amides is 4. The highest BCUT2D eigenvalue weighted by atomic mass is 35.5. The van der Waals surface area contributed by atoms with E-state index in [0.717, 1.165) is 9.80 Å². The van der Waals surface area contributed by atoms with Gasteiger partial charge in [-0.3, -0.25) is 19.2 Å². The van der Waals surface area contributed by atoms with E-state index in [9.17, 15) is 19.2 Å². The van der Waals surface area contributed by atoms with E-state index in [2.05, 4.69) is 0 Å². The van der Waals surface area contributed by atoms with E-state index < -0.39 is 46.8 Å². The average molecular weight is 650 g/mol. The lowest BCUT2D eigenvalue weighted by Gasteiger charge is -2.43. The summed E-state index contributed by atoms with van der Waals surface area (Å²) in [7, 11) is 0. The highest BCUT2D eigenvalue weighted by molar-refractivity contribution is 6.34. The van der Waals surface area contributed by atoms with Crippen LogP contribution < -0.4 is 9.80 Å². The zero-order chi connectivity index (χ0) is 30.2. The van der Waals surface area contributed by atoms with E-state index in [1.165, 1.54) is 0 Å². The molecule has 10 heteroatoms. The van der Waals surface area contributed by atoms with Crippen LogP contribution in [0.2, 0.25) is 20.1 Å². The number of carbonyl (C=O) groups excluding carboxylic acids is 4. The van der Waals surface area contributed by atoms with Crippen LogP contribution in [-0.4, -0.2) is 23.6 Å². The van der Waals surface area contributed by atoms with Crippen LogP contribution >= 0.6 is 46.4 Å². The van der Waals surface area contributed by atoms with Gasteiger partial charge in [-0.15, -0.1) is 0 Å². The lowest BCUT2D eigenvalue weighted by molar-refractivity contribution is -0.138. The molecule has 6 nitrogen and oxygen atoms in total. The van der Waals surface area contributed by atoms with E-state index in [4.69, 9.17) is 46.4 Å². The Kier molecular flexibility index (Phi) is 6.67. The Morgan fingerprint density at radius 2 is 1.07 bits per heavy atom. The van der Waals surface area contributed by atoms with Crippen LogP contribution in [0.25, 0.3) is 0 Å². The van der Waals surface area contributed by atoms with Gasteiger partial charge in [-0.1, -0.05) is 64.6 Å². The van der Waals surface area contributed by atoms with Crippen LogP contribution in [0.5, 0.6) is 0 Å². The number of nitrogens with zero attached hydrogens (tertiary/aromatic N) is 2. The number of hydrogen-bond donors (Lipinski definition) is 0. The van der Waals surface area contributed by atoms with Crippen molar-refractivity contribution in [2.24, 2.45) is 11.3 Å². The number of hydrogen-bond acceptors (Lipinski definition) is 4. The summed E-state index contributed by atoms with van der Waals surface area (Å²) in [5.74, 6) is -5.42. The molecule has 0 saturated carbocycles. The van der Waals surface area contributed by atoms with Crippen LogP contribution in [-0.2, 0) is 25.6 Å². The first-order chi connectivity index (χ1) is 20.6. The predicted octanol–water partition coefficient (Wildman–Crippen LogP) is 7.47. The maximum atomic E-state index is 14.9. The van der Waals surface area contributed by atoms with Crippen molar-refractivity contribution in [2.75, 3.05) is 9.80 Å². The van der Waals surface area contributed by atoms with Crippen LogP contribution in [0.15, 0.2) is 91.0 Å². The van der Waals surface area contributed by atoms with E-state index in [0.29, 0.717) is 48.2 Å². The van der Waals surface area contributed by atoms with Crippen molar-refractivity contribution in [1.82, 2.24) is 0 Å². The molecule has 0 aromatic heterocycles. The second kappa shape index (κ2) is 10.2. The third kappa shape index (κ3) is 4.15. The number of carbonyl (C=O) groups is 4. The highest BCUT2D eigenvalue weighted by Crippen LogP contribution is 2.63. The summed E-state index contributed by atoms with van der Waals surface area (Å²) in [4.78, 5) is 60.5. The molecule has 4 aromatic carbocycles. The first-order valence-corrected chi connectivity index (χ1v) is 14.9. The van der Waals surface area contributed by atoms with E-state index in [1.54, 1.807) is 91.0 Å². The number of benzene rings is 4. The minimum Gasteiger partial charge on any atom is -0.274 e. The van der Waals surface area contributed by atoms with Gasteiger partial charge >= 0.3 is 0 Å². The van der Waals surface area contributed by atoms with Gasteiger partial charge in [-0.25, -0.2) is 9.80 Å². The molecule has 0 radical (unpaired) electrons. The van der Waals surface area contributed by atoms with Crippen LogP contribution in [0.1, 0.15) is 28.5 Å². The van der Waals surface area contributed by atoms with Gasteiger partial charge in [-0.2, -0.15) is 0 Å². The second-order valence-electron chi connectivity index (χ2n) is 10.9. The zero-order valence-corrected chi connectivity index (χ0v) is 25.2. The molecule has 2 fully saturated rings. The van der Waals surface area contributed by atoms with Crippen molar-refractivity contribution in [2.45, 2.75) is 18.3 Å². The van der Waals surface area contributed by atoms with E-state index in [1.807, 2.05) is 0 Å². The quantitative estimate of drug-likeness (QED) is 0.215. The monoisotopic (exact) mass is 648 g/mol. The molecule has 2 aliphatic heterocycles. The minimum atomic E-state index is -1.65. The molecule has 0 spiro atoms. The Hall–Kier alpha value is -3.68. The standard InChI is InChI=1S/C33H20Cl4N2O4/c34-18-3-1-17(2-4-18)16-33-27(30(41)39(32(33)43)23-12-7-20(36)8-13-23)25-15-21(37)9-14-24(25)26-28(33)31(42)38(29(26)40)22-10-5-19(35)6-11-22/h1-15,26-28H,16H2/t26-,27+,28-,33-/m1/s1. The van der Waals surface area contributed by atoms with Gasteiger partial charge in [0.15, 0.2) is 0 Å². The molecule has 0 unspecified atom stereocenters. The topological polar surface area (TPSA) is 74.8 Å². The molecular weight excluding hydrogens is 630 g/mol. The molecule has 2 saturated heterocycles. The van der Waals surface area contributed by atoms with Crippen LogP contribution in [0.3, 0.4) is 0 Å². The number of rotatable bonds is 4. The Morgan fingerprint density at radius 1 is 0.558 bits per heavy atom. The fourth-order valence-electron chi connectivity index (χ4n) is 6.99. The highest BCUT2D eigenvalue weighted by Gasteiger charge is 2.73. The van der Waals surface area contributed by atoms with Gasteiger partial charge in [0.2, 0.25) is 23.6 Å². The fourth-order valence-corrected chi connectivity index (χ4v) is 7.55. The maximum absolute atomic E-state index is 14.9. The van der Waals surface area contributed by atoms with Crippen LogP contribution in [0, 0.1) is 11.3 Å². The zero-order valence-electron chi connectivity index (χ0n) is 22.1. The Labute approximate surface area is 266 Å². The van der Waals surface area contributed by atoms with Crippen LogP contribution in [0.4, 0.5) is 11.4 Å². The Bertz CT molecular complexity index is 1840. The summed E-state index contributed by atoms with van der Waals surface area (Å²) in [6.07, 6.45) is 0.00406. The first-order valence-electron chi connectivity index (χ1n) is 13.4. The van der Waals surface area contributed by atoms with Gasteiger partial charge in [0.05, 0.1) is 34.5 Å². The summed E-state index contributed by atoms with van der Waals surface area (Å²) in [6.45, 7) is 0. The number of halogens is 4. The largest absolute Gasteiger partial charge is 0.274 e. The van der Waals surface area contributed by atoms with E-state index >= 15 is 0 Å². The van der Waals surface area contributed by atoms with Gasteiger partial charge in [0, 0.05) is 20.1 Å². The molecule has 214 valence electrons. The van der Waals surface area contributed by atoms with Crippen molar-refractivity contribution in [3.05, 3.63) is 128 Å². The van der Waals surface area contributed by atoms with Gasteiger partial charge in [-0.05, 0) is 95.9 Å². The molecule has 3 aliphatic rings. The van der Waals surface area contributed by atoms with Crippen molar-refractivity contribution >= 4 is 81.4 Å². The normalized spacial score (nSPS) is 24.3. The summed E-state index contributed by atoms with van der Waals surface area (Å²) < 4.78 is 0. The number of anilines is 2. The fraction of sp³-hybridized carbons (Fsp3) is 0.152. The van der Waals surface area contributed by atoms with Crippen molar-refractivity contribution in [3.63, 3.8) is 0 Å². The predicted molar refractivity (Wildman–Crippen MR) is 166 cm³/mol. The summed E-state index contributed by atoms with van der Waals surface area (Å²) in [5.41, 5.74) is 0.630.